The van der Waals surface area contributed by atoms with E-state index in [1.54, 1.807) is 0 Å². The number of aryl methyl sites for hydroxylation is 1. The summed E-state index contributed by atoms with van der Waals surface area (Å²) in [4.78, 5) is 7.01. The van der Waals surface area contributed by atoms with Crippen molar-refractivity contribution in [1.82, 2.24) is 19.6 Å². The summed E-state index contributed by atoms with van der Waals surface area (Å²) in [6.45, 7) is 8.12. The molecule has 0 N–H and O–H groups in total. The number of nitrogens with zero attached hydrogens (tertiary/aromatic N) is 4. The Morgan fingerprint density at radius 1 is 1.38 bits per heavy atom. The van der Waals surface area contributed by atoms with E-state index in [0.717, 1.165) is 18.9 Å². The smallest absolute Gasteiger partial charge is 0.232 e. The molecule has 0 radical (unpaired) electrons. The van der Waals surface area contributed by atoms with E-state index in [1.807, 2.05) is 0 Å². The zero-order valence-corrected chi connectivity index (χ0v) is 13.3. The number of hydrogen-bond acceptors (Lipinski definition) is 4. The fourth-order valence-electron chi connectivity index (χ4n) is 2.98. The van der Waals surface area contributed by atoms with Crippen molar-refractivity contribution in [3.63, 3.8) is 0 Å². The van der Waals surface area contributed by atoms with E-state index in [-0.39, 0.29) is 5.41 Å². The van der Waals surface area contributed by atoms with Gasteiger partial charge < -0.3 is 9.09 Å². The minimum atomic E-state index is -0.0895. The molecule has 1 atom stereocenters. The number of aromatic nitrogens is 3. The van der Waals surface area contributed by atoms with Gasteiger partial charge >= 0.3 is 0 Å². The lowest BCUT2D eigenvalue weighted by molar-refractivity contribution is 0.230. The fourth-order valence-corrected chi connectivity index (χ4v) is 2.98. The Morgan fingerprint density at radius 3 is 2.81 bits per heavy atom. The molecular formula is C16H24N4O. The molecule has 0 saturated carbocycles. The second-order valence-corrected chi connectivity index (χ2v) is 6.94. The molecule has 0 spiro atoms. The second-order valence-electron chi connectivity index (χ2n) is 6.94. The monoisotopic (exact) mass is 288 g/mol. The minimum absolute atomic E-state index is 0.0895. The van der Waals surface area contributed by atoms with E-state index in [9.17, 15) is 0 Å². The standard InChI is InChI=1S/C16H24N4O/c1-16(2,3)15-17-14(18-21-15)11-20-10-6-8-13(20)12-7-5-9-19(12)4/h5,7,9,13H,6,8,10-11H2,1-4H3/t13-/m1/s1. The number of rotatable bonds is 3. The molecule has 1 aliphatic rings. The van der Waals surface area contributed by atoms with E-state index < -0.39 is 0 Å². The summed E-state index contributed by atoms with van der Waals surface area (Å²) in [5.41, 5.74) is 1.28. The van der Waals surface area contributed by atoms with Gasteiger partial charge in [-0.1, -0.05) is 25.9 Å². The lowest BCUT2D eigenvalue weighted by Crippen LogP contribution is -2.24. The van der Waals surface area contributed by atoms with Crippen LogP contribution in [0, 0.1) is 0 Å². The predicted molar refractivity (Wildman–Crippen MR) is 80.8 cm³/mol. The van der Waals surface area contributed by atoms with Gasteiger partial charge in [-0.3, -0.25) is 4.90 Å². The first-order valence-electron chi connectivity index (χ1n) is 7.63. The van der Waals surface area contributed by atoms with Gasteiger partial charge in [-0.25, -0.2) is 0 Å². The summed E-state index contributed by atoms with van der Waals surface area (Å²) in [5, 5.41) is 4.15. The molecule has 3 heterocycles. The highest BCUT2D eigenvalue weighted by atomic mass is 16.5. The molecule has 5 nitrogen and oxygen atoms in total. The van der Waals surface area contributed by atoms with Gasteiger partial charge in [0.1, 0.15) is 0 Å². The normalized spacial score (nSPS) is 20.3. The summed E-state index contributed by atoms with van der Waals surface area (Å²) in [5.74, 6) is 1.51. The van der Waals surface area contributed by atoms with Crippen LogP contribution in [0.5, 0.6) is 0 Å². The van der Waals surface area contributed by atoms with Gasteiger partial charge in [0.25, 0.3) is 0 Å². The molecule has 0 bridgehead atoms. The third kappa shape index (κ3) is 2.88. The summed E-state index contributed by atoms with van der Waals surface area (Å²) in [6, 6.07) is 4.78. The molecule has 5 heteroatoms. The molecule has 0 aliphatic carbocycles. The maximum absolute atomic E-state index is 5.40. The Kier molecular flexibility index (Phi) is 3.61. The Hall–Kier alpha value is -1.62. The van der Waals surface area contributed by atoms with Crippen LogP contribution < -0.4 is 0 Å². The molecule has 114 valence electrons. The first-order valence-corrected chi connectivity index (χ1v) is 7.63. The number of hydrogen-bond donors (Lipinski definition) is 0. The highest BCUT2D eigenvalue weighted by Crippen LogP contribution is 2.33. The quantitative estimate of drug-likeness (QED) is 0.871. The van der Waals surface area contributed by atoms with Crippen molar-refractivity contribution < 1.29 is 4.52 Å². The Labute approximate surface area is 125 Å². The van der Waals surface area contributed by atoms with Crippen molar-refractivity contribution >= 4 is 0 Å². The van der Waals surface area contributed by atoms with Gasteiger partial charge in [-0.05, 0) is 31.5 Å². The first-order chi connectivity index (χ1) is 9.95. The van der Waals surface area contributed by atoms with E-state index in [2.05, 4.69) is 65.8 Å². The number of likely N-dealkylation sites (tertiary alicyclic amines) is 1. The van der Waals surface area contributed by atoms with Gasteiger partial charge in [0.2, 0.25) is 5.89 Å². The van der Waals surface area contributed by atoms with Crippen molar-refractivity contribution in [3.8, 4) is 0 Å². The SMILES string of the molecule is Cn1cccc1[C@H]1CCCN1Cc1noc(C(C)(C)C)n1. The van der Waals surface area contributed by atoms with Gasteiger partial charge in [0, 0.05) is 24.4 Å². The zero-order valence-electron chi connectivity index (χ0n) is 13.3. The average molecular weight is 288 g/mol. The van der Waals surface area contributed by atoms with Crippen LogP contribution in [0.3, 0.4) is 0 Å². The van der Waals surface area contributed by atoms with Crippen molar-refractivity contribution in [3.05, 3.63) is 35.7 Å². The van der Waals surface area contributed by atoms with Crippen LogP contribution >= 0.6 is 0 Å². The lowest BCUT2D eigenvalue weighted by Gasteiger charge is -2.23. The van der Waals surface area contributed by atoms with Crippen LogP contribution in [0.1, 0.15) is 57.1 Å². The summed E-state index contributed by atoms with van der Waals surface area (Å²) >= 11 is 0. The Balaban J connectivity index is 1.75. The molecule has 2 aromatic rings. The van der Waals surface area contributed by atoms with E-state index in [4.69, 9.17) is 4.52 Å². The van der Waals surface area contributed by atoms with Crippen LogP contribution in [0.2, 0.25) is 0 Å². The molecule has 0 unspecified atom stereocenters. The molecule has 2 aromatic heterocycles. The molecular weight excluding hydrogens is 264 g/mol. The maximum Gasteiger partial charge on any atom is 0.232 e. The minimum Gasteiger partial charge on any atom is -0.353 e. The van der Waals surface area contributed by atoms with Crippen LogP contribution in [0.25, 0.3) is 0 Å². The first kappa shape index (κ1) is 14.3. The average Bonchev–Trinajstić information content (AvgIpc) is 3.09. The summed E-state index contributed by atoms with van der Waals surface area (Å²) in [6.07, 6.45) is 4.53. The predicted octanol–water partition coefficient (Wildman–Crippen LogP) is 3.04. The molecule has 0 amide bonds. The van der Waals surface area contributed by atoms with E-state index >= 15 is 0 Å². The highest BCUT2D eigenvalue weighted by Gasteiger charge is 2.29. The lowest BCUT2D eigenvalue weighted by atomic mass is 9.97. The molecule has 21 heavy (non-hydrogen) atoms. The Morgan fingerprint density at radius 2 is 2.19 bits per heavy atom. The van der Waals surface area contributed by atoms with Gasteiger partial charge in [0.05, 0.1) is 12.6 Å². The molecule has 3 rings (SSSR count). The van der Waals surface area contributed by atoms with Gasteiger partial charge in [-0.15, -0.1) is 0 Å². The van der Waals surface area contributed by atoms with Gasteiger partial charge in [-0.2, -0.15) is 4.98 Å². The summed E-state index contributed by atoms with van der Waals surface area (Å²) < 4.78 is 7.60. The third-order valence-electron chi connectivity index (χ3n) is 4.14. The second kappa shape index (κ2) is 5.30. The van der Waals surface area contributed by atoms with Crippen LogP contribution in [-0.2, 0) is 19.0 Å². The largest absolute Gasteiger partial charge is 0.353 e. The van der Waals surface area contributed by atoms with Crippen molar-refractivity contribution in [2.24, 2.45) is 7.05 Å². The van der Waals surface area contributed by atoms with Crippen molar-refractivity contribution in [2.45, 2.75) is 51.6 Å². The summed E-state index contributed by atoms with van der Waals surface area (Å²) in [7, 11) is 2.11. The van der Waals surface area contributed by atoms with Crippen molar-refractivity contribution in [1.29, 1.82) is 0 Å². The molecule has 1 aliphatic heterocycles. The van der Waals surface area contributed by atoms with Crippen LogP contribution in [-0.4, -0.2) is 26.2 Å². The zero-order chi connectivity index (χ0) is 15.0. The van der Waals surface area contributed by atoms with Crippen molar-refractivity contribution in [2.75, 3.05) is 6.54 Å². The van der Waals surface area contributed by atoms with E-state index in [1.165, 1.54) is 18.5 Å². The topological polar surface area (TPSA) is 47.1 Å². The third-order valence-corrected chi connectivity index (χ3v) is 4.14. The van der Waals surface area contributed by atoms with Crippen LogP contribution in [0.15, 0.2) is 22.9 Å². The highest BCUT2D eigenvalue weighted by molar-refractivity contribution is 5.13. The van der Waals surface area contributed by atoms with Crippen LogP contribution in [0.4, 0.5) is 0 Å². The fraction of sp³-hybridized carbons (Fsp3) is 0.625. The molecule has 0 aromatic carbocycles. The maximum atomic E-state index is 5.40. The molecule has 1 saturated heterocycles. The molecule has 1 fully saturated rings. The Bertz CT molecular complexity index is 608. The van der Waals surface area contributed by atoms with Gasteiger partial charge in [0.15, 0.2) is 5.82 Å². The van der Waals surface area contributed by atoms with E-state index in [0.29, 0.717) is 11.9 Å².